The molecule has 4 heterocycles. The van der Waals surface area contributed by atoms with Crippen molar-refractivity contribution in [3.05, 3.63) is 35.9 Å². The third-order valence-corrected chi connectivity index (χ3v) is 11.0. The Balaban J connectivity index is 1.24. The molecule has 2 saturated carbocycles. The first-order valence-electron chi connectivity index (χ1n) is 17.5. The number of hydrogen-bond donors (Lipinski definition) is 1. The van der Waals surface area contributed by atoms with Crippen molar-refractivity contribution in [1.29, 1.82) is 0 Å². The van der Waals surface area contributed by atoms with Gasteiger partial charge in [0.1, 0.15) is 28.3 Å². The molecular weight excluding hydrogens is 659 g/mol. The molecule has 2 amide bonds. The molecule has 1 aliphatic heterocycles. The van der Waals surface area contributed by atoms with E-state index in [-0.39, 0.29) is 24.0 Å². The first-order chi connectivity index (χ1) is 23.6. The number of fused-ring (bicyclic) bond motifs is 2. The van der Waals surface area contributed by atoms with Crippen molar-refractivity contribution in [3.63, 3.8) is 0 Å². The van der Waals surface area contributed by atoms with Gasteiger partial charge in [0.15, 0.2) is 5.82 Å². The summed E-state index contributed by atoms with van der Waals surface area (Å²) in [5.74, 6) is 2.01. The number of ether oxygens (including phenoxy) is 2. The predicted octanol–water partition coefficient (Wildman–Crippen LogP) is 5.45. The zero-order valence-electron chi connectivity index (χ0n) is 29.9. The van der Waals surface area contributed by atoms with Crippen molar-refractivity contribution in [2.75, 3.05) is 24.2 Å². The van der Waals surface area contributed by atoms with Crippen LogP contribution >= 0.6 is 0 Å². The number of anilines is 1. The number of aromatic nitrogens is 4. The number of sulfonamides is 1. The molecule has 7 rings (SSSR count). The highest BCUT2D eigenvalue weighted by atomic mass is 32.2. The summed E-state index contributed by atoms with van der Waals surface area (Å²) in [4.78, 5) is 38.4. The third-order valence-electron chi connectivity index (χ3n) is 9.82. The maximum atomic E-state index is 14.1. The third kappa shape index (κ3) is 6.73. The highest BCUT2D eigenvalue weighted by molar-refractivity contribution is 7.92. The minimum absolute atomic E-state index is 0.0192. The molecule has 0 unspecified atom stereocenters. The molecule has 0 spiro atoms. The standard InChI is InChI=1S/C36H47N7O6S/c1-21-8-12-25(37-35(45)49-36(2,3)4)20-41(21)34(44)24-16-27-31(29(18-24)48-6)40(5)33(38-27)28-17-23-11-15-30(43(26-13-14-26)50(7,46)47)39-32(23)42(28)19-22-9-10-22/h11,15-18,21-22,25-26H,8-10,12-14,19-20H2,1-7H3,(H,37,45)/t21-,25+/m0/s1. The van der Waals surface area contributed by atoms with E-state index in [1.165, 1.54) is 10.6 Å². The van der Waals surface area contributed by atoms with Gasteiger partial charge in [0.25, 0.3) is 5.91 Å². The van der Waals surface area contributed by atoms with Crippen LogP contribution in [0.3, 0.4) is 0 Å². The molecular formula is C36H47N7O6S. The number of methoxy groups -OCH3 is 1. The average molecular weight is 706 g/mol. The number of carbonyl (C=O) groups is 2. The fraction of sp³-hybridized carbons (Fsp3) is 0.556. The molecule has 2 atom stereocenters. The van der Waals surface area contributed by atoms with Gasteiger partial charge in [-0.1, -0.05) is 0 Å². The summed E-state index contributed by atoms with van der Waals surface area (Å²) in [6.45, 7) is 8.59. The average Bonchev–Trinajstić information content (AvgIpc) is 3.97. The number of aryl methyl sites for hydroxylation is 1. The Morgan fingerprint density at radius 2 is 1.78 bits per heavy atom. The second kappa shape index (κ2) is 12.5. The number of likely N-dealkylation sites (tertiary alicyclic amines) is 1. The lowest BCUT2D eigenvalue weighted by atomic mass is 9.98. The van der Waals surface area contributed by atoms with Crippen LogP contribution in [0.4, 0.5) is 10.6 Å². The van der Waals surface area contributed by atoms with E-state index in [0.717, 1.165) is 67.3 Å². The first-order valence-corrected chi connectivity index (χ1v) is 19.3. The van der Waals surface area contributed by atoms with Gasteiger partial charge in [0.2, 0.25) is 10.0 Å². The summed E-state index contributed by atoms with van der Waals surface area (Å²) in [7, 11) is 0.0355. The van der Waals surface area contributed by atoms with Gasteiger partial charge < -0.3 is 28.8 Å². The molecule has 1 N–H and O–H groups in total. The second-order valence-corrected chi connectivity index (χ2v) is 17.1. The summed E-state index contributed by atoms with van der Waals surface area (Å²) in [5, 5.41) is 3.84. The first kappa shape index (κ1) is 34.1. The van der Waals surface area contributed by atoms with Crippen molar-refractivity contribution in [2.45, 2.75) is 96.5 Å². The van der Waals surface area contributed by atoms with Gasteiger partial charge in [0.05, 0.1) is 24.6 Å². The van der Waals surface area contributed by atoms with Crippen molar-refractivity contribution in [1.82, 2.24) is 29.3 Å². The van der Waals surface area contributed by atoms with Gasteiger partial charge in [0, 0.05) is 49.2 Å². The summed E-state index contributed by atoms with van der Waals surface area (Å²) in [6.07, 6.45) is 6.14. The Labute approximate surface area is 293 Å². The van der Waals surface area contributed by atoms with E-state index < -0.39 is 21.7 Å². The van der Waals surface area contributed by atoms with Crippen LogP contribution in [0.15, 0.2) is 30.3 Å². The van der Waals surface area contributed by atoms with Crippen LogP contribution in [0.25, 0.3) is 33.6 Å². The monoisotopic (exact) mass is 705 g/mol. The number of piperidine rings is 1. The van der Waals surface area contributed by atoms with Gasteiger partial charge in [-0.05, 0) is 102 Å². The molecule has 268 valence electrons. The van der Waals surface area contributed by atoms with Crippen molar-refractivity contribution >= 4 is 49.9 Å². The number of benzene rings is 1. The molecule has 13 nitrogen and oxygen atoms in total. The number of hydrogen-bond acceptors (Lipinski definition) is 8. The number of pyridine rings is 1. The largest absolute Gasteiger partial charge is 0.494 e. The van der Waals surface area contributed by atoms with E-state index in [1.807, 2.05) is 51.4 Å². The van der Waals surface area contributed by atoms with Gasteiger partial charge in [-0.2, -0.15) is 0 Å². The SMILES string of the molecule is COc1cc(C(=O)N2C[C@H](NC(=O)OC(C)(C)C)CC[C@@H]2C)cc2nc(-c3cc4ccc(N(C5CC5)S(C)(=O)=O)nc4n3CC3CC3)n(C)c12. The molecule has 1 saturated heterocycles. The maximum Gasteiger partial charge on any atom is 0.407 e. The second-order valence-electron chi connectivity index (χ2n) is 15.2. The normalized spacial score (nSPS) is 19.9. The Hall–Kier alpha value is -4.33. The Morgan fingerprint density at radius 3 is 2.42 bits per heavy atom. The highest BCUT2D eigenvalue weighted by Crippen LogP contribution is 2.39. The van der Waals surface area contributed by atoms with Crippen LogP contribution in [-0.2, 0) is 28.4 Å². The van der Waals surface area contributed by atoms with Crippen LogP contribution in [-0.4, -0.2) is 88.1 Å². The Kier molecular flexibility index (Phi) is 8.51. The fourth-order valence-electron chi connectivity index (χ4n) is 7.07. The Morgan fingerprint density at radius 1 is 1.04 bits per heavy atom. The smallest absolute Gasteiger partial charge is 0.407 e. The van der Waals surface area contributed by atoms with E-state index in [1.54, 1.807) is 24.1 Å². The van der Waals surface area contributed by atoms with Gasteiger partial charge in [-0.25, -0.2) is 23.2 Å². The van der Waals surface area contributed by atoms with Gasteiger partial charge in [-0.15, -0.1) is 0 Å². The topological polar surface area (TPSA) is 141 Å². The number of carbonyl (C=O) groups excluding carboxylic acids is 2. The minimum atomic E-state index is -3.49. The quantitative estimate of drug-likeness (QED) is 0.242. The summed E-state index contributed by atoms with van der Waals surface area (Å²) in [6, 6.07) is 9.06. The molecule has 3 fully saturated rings. The lowest BCUT2D eigenvalue weighted by Crippen LogP contribution is -2.53. The number of amides is 2. The van der Waals surface area contributed by atoms with Crippen molar-refractivity contribution < 1.29 is 27.5 Å². The fourth-order valence-corrected chi connectivity index (χ4v) is 8.27. The summed E-state index contributed by atoms with van der Waals surface area (Å²) >= 11 is 0. The van der Waals surface area contributed by atoms with Crippen LogP contribution < -0.4 is 14.4 Å². The number of nitrogens with one attached hydrogen (secondary N) is 1. The molecule has 3 aromatic heterocycles. The lowest BCUT2D eigenvalue weighted by Gasteiger charge is -2.38. The van der Waals surface area contributed by atoms with E-state index in [9.17, 15) is 18.0 Å². The number of nitrogens with zero attached hydrogens (tertiary/aromatic N) is 6. The maximum absolute atomic E-state index is 14.1. The van der Waals surface area contributed by atoms with Crippen LogP contribution in [0.1, 0.15) is 76.6 Å². The predicted molar refractivity (Wildman–Crippen MR) is 192 cm³/mol. The zero-order chi connectivity index (χ0) is 35.7. The van der Waals surface area contributed by atoms with Crippen LogP contribution in [0.5, 0.6) is 5.75 Å². The zero-order valence-corrected chi connectivity index (χ0v) is 30.7. The minimum Gasteiger partial charge on any atom is -0.494 e. The van der Waals surface area contributed by atoms with Crippen molar-refractivity contribution in [3.8, 4) is 17.3 Å². The van der Waals surface area contributed by atoms with E-state index >= 15 is 0 Å². The van der Waals surface area contributed by atoms with E-state index in [4.69, 9.17) is 19.4 Å². The number of imidazole rings is 1. The van der Waals surface area contributed by atoms with Crippen molar-refractivity contribution in [2.24, 2.45) is 13.0 Å². The number of rotatable bonds is 9. The van der Waals surface area contributed by atoms with Crippen LogP contribution in [0.2, 0.25) is 0 Å². The molecule has 4 aromatic rings. The number of alkyl carbamates (subject to hydrolysis) is 1. The molecule has 14 heteroatoms. The molecule has 1 aromatic carbocycles. The molecule has 50 heavy (non-hydrogen) atoms. The van der Waals surface area contributed by atoms with Crippen LogP contribution in [0, 0.1) is 5.92 Å². The van der Waals surface area contributed by atoms with Gasteiger partial charge in [-0.3, -0.25) is 9.10 Å². The molecule has 0 radical (unpaired) electrons. The molecule has 0 bridgehead atoms. The van der Waals surface area contributed by atoms with E-state index in [2.05, 4.69) is 16.0 Å². The lowest BCUT2D eigenvalue weighted by molar-refractivity contribution is 0.0412. The Bertz CT molecular complexity index is 2090. The van der Waals surface area contributed by atoms with E-state index in [0.29, 0.717) is 40.9 Å². The summed E-state index contributed by atoms with van der Waals surface area (Å²) < 4.78 is 42.4. The summed E-state index contributed by atoms with van der Waals surface area (Å²) in [5.41, 5.74) is 2.80. The van der Waals surface area contributed by atoms with Gasteiger partial charge >= 0.3 is 6.09 Å². The molecule has 2 aliphatic carbocycles. The molecule has 3 aliphatic rings. The highest BCUT2D eigenvalue weighted by Gasteiger charge is 2.37.